The van der Waals surface area contributed by atoms with Gasteiger partial charge in [-0.1, -0.05) is 19.1 Å². The number of aryl methyl sites for hydroxylation is 1. The Labute approximate surface area is 155 Å². The van der Waals surface area contributed by atoms with Gasteiger partial charge in [0, 0.05) is 4.90 Å². The van der Waals surface area contributed by atoms with Crippen LogP contribution in [0.25, 0.3) is 0 Å². The lowest BCUT2D eigenvalue weighted by Gasteiger charge is -2.22. The molecule has 1 aromatic rings. The van der Waals surface area contributed by atoms with Gasteiger partial charge in [0.25, 0.3) is 10.1 Å². The molecule has 0 saturated carbocycles. The number of hydrogen-bond donors (Lipinski definition) is 0. The van der Waals surface area contributed by atoms with Gasteiger partial charge < -0.3 is 9.05 Å². The summed E-state index contributed by atoms with van der Waals surface area (Å²) in [6.07, 6.45) is -1.43. The molecule has 0 aliphatic rings. The number of hydrogen-bond acceptors (Lipinski definition) is 7. The summed E-state index contributed by atoms with van der Waals surface area (Å²) < 4.78 is 53.9. The van der Waals surface area contributed by atoms with Crippen LogP contribution in [0.5, 0.6) is 0 Å². The lowest BCUT2D eigenvalue weighted by Crippen LogP contribution is -2.16. The third-order valence-corrected chi connectivity index (χ3v) is 7.48. The molecule has 0 aromatic heterocycles. The van der Waals surface area contributed by atoms with E-state index in [9.17, 15) is 13.0 Å². The fourth-order valence-corrected chi connectivity index (χ4v) is 6.82. The second-order valence-electron chi connectivity index (χ2n) is 5.96. The minimum absolute atomic E-state index is 0.0995. The molecule has 25 heavy (non-hydrogen) atoms. The highest BCUT2D eigenvalue weighted by Gasteiger charge is 2.32. The molecule has 0 saturated heterocycles. The predicted octanol–water partition coefficient (Wildman–Crippen LogP) is 4.81. The Balaban J connectivity index is 3.10. The van der Waals surface area contributed by atoms with Gasteiger partial charge in [-0.05, 0) is 52.0 Å². The molecular weight excluding hydrogens is 383 g/mol. The summed E-state index contributed by atoms with van der Waals surface area (Å²) in [6.45, 7) is 10.4. The van der Waals surface area contributed by atoms with Gasteiger partial charge in [-0.25, -0.2) is 0 Å². The van der Waals surface area contributed by atoms with Crippen molar-refractivity contribution in [3.63, 3.8) is 0 Å². The van der Waals surface area contributed by atoms with Crippen molar-refractivity contribution in [3.8, 4) is 0 Å². The van der Waals surface area contributed by atoms with Crippen LogP contribution in [0.4, 0.5) is 0 Å². The van der Waals surface area contributed by atoms with E-state index in [1.807, 2.05) is 6.92 Å². The maximum atomic E-state index is 12.8. The largest absolute Gasteiger partial charge is 0.358 e. The zero-order valence-corrected chi connectivity index (χ0v) is 18.0. The van der Waals surface area contributed by atoms with E-state index in [0.29, 0.717) is 10.5 Å². The molecule has 0 unspecified atom stereocenters. The van der Waals surface area contributed by atoms with Crippen molar-refractivity contribution >= 4 is 29.5 Å². The fraction of sp³-hybridized carbons (Fsp3) is 0.625. The molecular formula is C16H27O6PS2. The van der Waals surface area contributed by atoms with Crippen LogP contribution in [0.3, 0.4) is 0 Å². The third-order valence-electron chi connectivity index (χ3n) is 2.83. The van der Waals surface area contributed by atoms with E-state index in [4.69, 9.17) is 13.2 Å². The second kappa shape index (κ2) is 9.53. The first-order valence-electron chi connectivity index (χ1n) is 8.08. The lowest BCUT2D eigenvalue weighted by molar-refractivity contribution is 0.129. The van der Waals surface area contributed by atoms with Gasteiger partial charge in [-0.3, -0.25) is 8.75 Å². The summed E-state index contributed by atoms with van der Waals surface area (Å²) in [5, 5.41) is 0. The first-order chi connectivity index (χ1) is 11.5. The molecule has 1 aromatic carbocycles. The Bertz CT molecular complexity index is 701. The van der Waals surface area contributed by atoms with Crippen LogP contribution in [0, 0.1) is 6.92 Å². The summed E-state index contributed by atoms with van der Waals surface area (Å²) in [6, 6.07) is 5.22. The molecule has 0 N–H and O–H groups in total. The molecule has 0 radical (unpaired) electrons. The van der Waals surface area contributed by atoms with E-state index < -0.39 is 24.1 Å². The van der Waals surface area contributed by atoms with Crippen LogP contribution >= 0.6 is 19.4 Å². The summed E-state index contributed by atoms with van der Waals surface area (Å²) in [5.74, 6) is 0.720. The van der Waals surface area contributed by atoms with Crippen LogP contribution in [0.15, 0.2) is 28.0 Å². The third kappa shape index (κ3) is 7.04. The van der Waals surface area contributed by atoms with E-state index in [1.165, 1.54) is 11.8 Å². The average molecular weight is 410 g/mol. The number of rotatable bonds is 10. The maximum Gasteiger partial charge on any atom is 0.358 e. The van der Waals surface area contributed by atoms with Gasteiger partial charge >= 0.3 is 7.60 Å². The molecule has 144 valence electrons. The number of benzene rings is 1. The molecule has 6 nitrogen and oxygen atoms in total. The van der Waals surface area contributed by atoms with Gasteiger partial charge in [0.2, 0.25) is 0 Å². The van der Waals surface area contributed by atoms with Crippen molar-refractivity contribution in [2.75, 3.05) is 12.1 Å². The summed E-state index contributed by atoms with van der Waals surface area (Å²) >= 11 is 1.41. The molecule has 0 aliphatic carbocycles. The van der Waals surface area contributed by atoms with Crippen LogP contribution in [0.2, 0.25) is 0 Å². The zero-order valence-electron chi connectivity index (χ0n) is 15.5. The molecule has 9 heteroatoms. The summed E-state index contributed by atoms with van der Waals surface area (Å²) in [5.41, 5.74) is 0.572. The quantitative estimate of drug-likeness (QED) is 0.311. The van der Waals surface area contributed by atoms with Crippen molar-refractivity contribution in [2.24, 2.45) is 0 Å². The number of thioether (sulfide) groups is 1. The Morgan fingerprint density at radius 1 is 1.12 bits per heavy atom. The Hall–Kier alpha value is -0.370. The van der Waals surface area contributed by atoms with Gasteiger partial charge in [-0.15, -0.1) is 11.8 Å². The first-order valence-corrected chi connectivity index (χ1v) is 12.2. The highest BCUT2D eigenvalue weighted by Crippen LogP contribution is 2.51. The fourth-order valence-electron chi connectivity index (χ4n) is 2.14. The smallest absolute Gasteiger partial charge is 0.304 e. The van der Waals surface area contributed by atoms with Gasteiger partial charge in [-0.2, -0.15) is 8.42 Å². The molecule has 0 fully saturated rings. The Morgan fingerprint density at radius 2 is 1.68 bits per heavy atom. The van der Waals surface area contributed by atoms with Crippen molar-refractivity contribution in [3.05, 3.63) is 23.8 Å². The van der Waals surface area contributed by atoms with Crippen LogP contribution < -0.4 is 0 Å². The molecule has 0 amide bonds. The molecule has 0 heterocycles. The van der Waals surface area contributed by atoms with Gasteiger partial charge in [0.05, 0.1) is 12.2 Å². The van der Waals surface area contributed by atoms with Crippen LogP contribution in [-0.2, 0) is 27.9 Å². The SMILES string of the molecule is CCSc1cccc(C)c1S(=O)(=O)OCP(=O)(OC(C)C)OC(C)C. The molecule has 0 spiro atoms. The van der Waals surface area contributed by atoms with Crippen molar-refractivity contribution in [1.29, 1.82) is 0 Å². The molecule has 1 rings (SSSR count). The average Bonchev–Trinajstić information content (AvgIpc) is 2.44. The second-order valence-corrected chi connectivity index (χ2v) is 10.7. The molecule has 0 aliphatic heterocycles. The normalized spacial score (nSPS) is 13.0. The minimum atomic E-state index is -4.10. The highest BCUT2D eigenvalue weighted by atomic mass is 32.2. The van der Waals surface area contributed by atoms with Crippen LogP contribution in [-0.4, -0.2) is 32.7 Å². The standard InChI is InChI=1S/C16H27O6PS2/c1-7-24-15-10-8-9-14(6)16(15)25(18,19)20-11-23(17,21-12(2)3)22-13(4)5/h8-10,12-13H,7,11H2,1-6H3. The first kappa shape index (κ1) is 22.7. The Morgan fingerprint density at radius 3 is 2.16 bits per heavy atom. The van der Waals surface area contributed by atoms with Crippen molar-refractivity contribution in [2.45, 2.75) is 63.5 Å². The van der Waals surface area contributed by atoms with Gasteiger partial charge in [0.15, 0.2) is 6.35 Å². The van der Waals surface area contributed by atoms with Gasteiger partial charge in [0.1, 0.15) is 4.90 Å². The summed E-state index contributed by atoms with van der Waals surface area (Å²) in [4.78, 5) is 0.703. The lowest BCUT2D eigenvalue weighted by atomic mass is 10.2. The van der Waals surface area contributed by atoms with E-state index >= 15 is 0 Å². The van der Waals surface area contributed by atoms with Crippen molar-refractivity contribution < 1.29 is 26.2 Å². The monoisotopic (exact) mass is 410 g/mol. The van der Waals surface area contributed by atoms with Crippen molar-refractivity contribution in [1.82, 2.24) is 0 Å². The molecule has 0 bridgehead atoms. The minimum Gasteiger partial charge on any atom is -0.304 e. The van der Waals surface area contributed by atoms with E-state index in [2.05, 4.69) is 0 Å². The highest BCUT2D eigenvalue weighted by molar-refractivity contribution is 8.00. The molecule has 0 atom stereocenters. The van der Waals surface area contributed by atoms with E-state index in [-0.39, 0.29) is 17.1 Å². The predicted molar refractivity (Wildman–Crippen MR) is 101 cm³/mol. The van der Waals surface area contributed by atoms with E-state index in [0.717, 1.165) is 5.75 Å². The van der Waals surface area contributed by atoms with E-state index in [1.54, 1.807) is 52.8 Å². The maximum absolute atomic E-state index is 12.8. The topological polar surface area (TPSA) is 78.9 Å². The van der Waals surface area contributed by atoms with Crippen LogP contribution in [0.1, 0.15) is 40.2 Å². The zero-order chi connectivity index (χ0) is 19.3. The Kier molecular flexibility index (Phi) is 8.64. The summed E-state index contributed by atoms with van der Waals surface area (Å²) in [7, 11) is -7.80.